The highest BCUT2D eigenvalue weighted by Gasteiger charge is 2.51. The van der Waals surface area contributed by atoms with Crippen LogP contribution in [0.5, 0.6) is 0 Å². The van der Waals surface area contributed by atoms with E-state index < -0.39 is 56.8 Å². The summed E-state index contributed by atoms with van der Waals surface area (Å²) in [5, 5.41) is 0. The van der Waals surface area contributed by atoms with Crippen LogP contribution >= 0.6 is 11.6 Å². The lowest BCUT2D eigenvalue weighted by Crippen LogP contribution is -2.62. The number of fused-ring (bicyclic) bond motifs is 3. The van der Waals surface area contributed by atoms with Gasteiger partial charge in [-0.2, -0.15) is 0 Å². The van der Waals surface area contributed by atoms with Crippen molar-refractivity contribution in [1.82, 2.24) is 0 Å². The van der Waals surface area contributed by atoms with Crippen LogP contribution in [0.1, 0.15) is 28.2 Å². The minimum absolute atomic E-state index is 0.0870. The van der Waals surface area contributed by atoms with E-state index in [4.69, 9.17) is 44.8 Å². The van der Waals surface area contributed by atoms with Crippen LogP contribution in [-0.4, -0.2) is 76.6 Å². The zero-order valence-electron chi connectivity index (χ0n) is 30.4. The number of carbonyl (C=O) groups is 2. The van der Waals surface area contributed by atoms with Crippen LogP contribution in [-0.2, 0) is 51.2 Å². The van der Waals surface area contributed by atoms with Crippen LogP contribution < -0.4 is 0 Å². The lowest BCUT2D eigenvalue weighted by atomic mass is 9.98. The number of halogens is 1. The van der Waals surface area contributed by atoms with Crippen molar-refractivity contribution >= 4 is 31.8 Å². The van der Waals surface area contributed by atoms with E-state index in [1.165, 1.54) is 0 Å². The first kappa shape index (κ1) is 38.7. The highest BCUT2D eigenvalue weighted by Crippen LogP contribution is 2.44. The lowest BCUT2D eigenvalue weighted by molar-refractivity contribution is -0.320. The molecule has 0 N–H and O–H groups in total. The van der Waals surface area contributed by atoms with Crippen LogP contribution in [0.15, 0.2) is 109 Å². The maximum Gasteiger partial charge on any atom is 0.508 e. The van der Waals surface area contributed by atoms with E-state index >= 15 is 0 Å². The van der Waals surface area contributed by atoms with Crippen molar-refractivity contribution < 1.29 is 42.7 Å². The Morgan fingerprint density at radius 3 is 1.75 bits per heavy atom. The van der Waals surface area contributed by atoms with Gasteiger partial charge in [0.15, 0.2) is 12.4 Å². The standard InChI is InChI=1S/C42H47ClO9Si/c1-53(2,3)23-22-46-41-40(48-26-30-16-8-5-9-17-30)39(47-25-29-14-6-4-7-15-29)38(52-37(44)24-43)36(51-41)28-50-42(45)49-27-35-33-20-12-10-18-31(33)32-19-11-13-21-34(32)35/h4-21,35-36,38-41H,22-28H2,1-3H3/t36-,38-,39+,40-,41-/m1/s1. The van der Waals surface area contributed by atoms with Crippen molar-refractivity contribution in [2.75, 3.05) is 25.7 Å². The fourth-order valence-corrected chi connectivity index (χ4v) is 7.43. The van der Waals surface area contributed by atoms with Crippen molar-refractivity contribution in [2.45, 2.75) is 75.5 Å². The Kier molecular flexibility index (Phi) is 13.4. The van der Waals surface area contributed by atoms with Gasteiger partial charge in [-0.25, -0.2) is 4.79 Å². The molecule has 0 unspecified atom stereocenters. The Bertz CT molecular complexity index is 1740. The van der Waals surface area contributed by atoms with Gasteiger partial charge >= 0.3 is 12.1 Å². The van der Waals surface area contributed by atoms with Gasteiger partial charge in [-0.3, -0.25) is 4.79 Å². The Hall–Kier alpha value is -4.03. The average Bonchev–Trinajstić information content (AvgIpc) is 3.49. The molecule has 2 aliphatic rings. The largest absolute Gasteiger partial charge is 0.508 e. The predicted octanol–water partition coefficient (Wildman–Crippen LogP) is 8.35. The molecule has 9 nitrogen and oxygen atoms in total. The number of hydrogen-bond acceptors (Lipinski definition) is 9. The average molecular weight is 759 g/mol. The summed E-state index contributed by atoms with van der Waals surface area (Å²) < 4.78 is 43.3. The molecule has 11 heteroatoms. The molecule has 5 atom stereocenters. The maximum absolute atomic E-state index is 13.2. The molecule has 4 aromatic carbocycles. The van der Waals surface area contributed by atoms with E-state index in [-0.39, 0.29) is 32.3 Å². The van der Waals surface area contributed by atoms with E-state index in [2.05, 4.69) is 43.9 Å². The second kappa shape index (κ2) is 18.3. The number of rotatable bonds is 16. The molecular formula is C42H47ClO9Si. The fraction of sp³-hybridized carbons (Fsp3) is 0.381. The van der Waals surface area contributed by atoms with E-state index in [1.807, 2.05) is 84.9 Å². The molecule has 0 amide bonds. The van der Waals surface area contributed by atoms with Crippen LogP contribution in [0.4, 0.5) is 4.79 Å². The third-order valence-electron chi connectivity index (χ3n) is 9.37. The summed E-state index contributed by atoms with van der Waals surface area (Å²) in [6.07, 6.45) is -5.57. The number of carbonyl (C=O) groups excluding carboxylic acids is 2. The molecular weight excluding hydrogens is 712 g/mol. The third kappa shape index (κ3) is 10.3. The van der Waals surface area contributed by atoms with Gasteiger partial charge in [0, 0.05) is 20.6 Å². The van der Waals surface area contributed by atoms with Crippen LogP contribution in [0.25, 0.3) is 11.1 Å². The molecule has 0 radical (unpaired) electrons. The number of ether oxygens (including phenoxy) is 7. The summed E-state index contributed by atoms with van der Waals surface area (Å²) in [7, 11) is -1.49. The highest BCUT2D eigenvalue weighted by atomic mass is 35.5. The van der Waals surface area contributed by atoms with Gasteiger partial charge < -0.3 is 33.2 Å². The van der Waals surface area contributed by atoms with Crippen LogP contribution in [0, 0.1) is 0 Å². The predicted molar refractivity (Wildman–Crippen MR) is 204 cm³/mol. The van der Waals surface area contributed by atoms with E-state index in [0.717, 1.165) is 39.4 Å². The van der Waals surface area contributed by atoms with Gasteiger partial charge in [0.25, 0.3) is 0 Å². The summed E-state index contributed by atoms with van der Waals surface area (Å²) in [5.41, 5.74) is 6.26. The molecule has 4 aromatic rings. The van der Waals surface area contributed by atoms with Crippen LogP contribution in [0.2, 0.25) is 25.7 Å². The molecule has 0 aromatic heterocycles. The minimum atomic E-state index is -1.49. The Balaban J connectivity index is 1.22. The van der Waals surface area contributed by atoms with E-state index in [0.29, 0.717) is 6.61 Å². The summed E-state index contributed by atoms with van der Waals surface area (Å²) >= 11 is 5.95. The third-order valence-corrected chi connectivity index (χ3v) is 11.3. The smallest absolute Gasteiger partial charge is 0.456 e. The summed E-state index contributed by atoms with van der Waals surface area (Å²) in [5.74, 6) is -1.21. The maximum atomic E-state index is 13.2. The van der Waals surface area contributed by atoms with Gasteiger partial charge in [-0.05, 0) is 39.4 Å². The molecule has 0 bridgehead atoms. The van der Waals surface area contributed by atoms with Crippen LogP contribution in [0.3, 0.4) is 0 Å². The zero-order chi connectivity index (χ0) is 37.2. The summed E-state index contributed by atoms with van der Waals surface area (Å²) in [6, 6.07) is 36.5. The SMILES string of the molecule is C[Si](C)(C)CCO[C@@H]1O[C@H](COC(=O)OCC2c3ccccc3-c3ccccc32)[C@@H](OC(=O)CCl)[C@H](OCc2ccccc2)[C@H]1OCc1ccccc1. The van der Waals surface area contributed by atoms with E-state index in [1.54, 1.807) is 0 Å². The molecule has 6 rings (SSSR count). The topological polar surface area (TPSA) is 98.8 Å². The van der Waals surface area contributed by atoms with Crippen molar-refractivity contribution in [3.8, 4) is 11.1 Å². The van der Waals surface area contributed by atoms with E-state index in [9.17, 15) is 9.59 Å². The molecule has 53 heavy (non-hydrogen) atoms. The van der Waals surface area contributed by atoms with Crippen molar-refractivity contribution in [3.05, 3.63) is 131 Å². The second-order valence-corrected chi connectivity index (χ2v) is 20.3. The van der Waals surface area contributed by atoms with Crippen molar-refractivity contribution in [2.24, 2.45) is 0 Å². The Morgan fingerprint density at radius 2 is 1.19 bits per heavy atom. The fourth-order valence-electron chi connectivity index (χ4n) is 6.64. The van der Waals surface area contributed by atoms with Gasteiger partial charge in [-0.15, -0.1) is 11.6 Å². The van der Waals surface area contributed by atoms with Crippen molar-refractivity contribution in [3.63, 3.8) is 0 Å². The minimum Gasteiger partial charge on any atom is -0.456 e. The first-order chi connectivity index (χ1) is 25.7. The molecule has 0 spiro atoms. The Morgan fingerprint density at radius 1 is 0.660 bits per heavy atom. The molecule has 1 fully saturated rings. The highest BCUT2D eigenvalue weighted by molar-refractivity contribution is 6.76. The van der Waals surface area contributed by atoms with Gasteiger partial charge in [0.1, 0.15) is 37.4 Å². The summed E-state index contributed by atoms with van der Waals surface area (Å²) in [6.45, 7) is 7.41. The number of esters is 1. The summed E-state index contributed by atoms with van der Waals surface area (Å²) in [4.78, 5) is 26.0. The van der Waals surface area contributed by atoms with Crippen molar-refractivity contribution in [1.29, 1.82) is 0 Å². The molecule has 1 heterocycles. The van der Waals surface area contributed by atoms with Gasteiger partial charge in [-0.1, -0.05) is 129 Å². The van der Waals surface area contributed by atoms with Gasteiger partial charge in [0.2, 0.25) is 0 Å². The molecule has 280 valence electrons. The normalized spacial score (nSPS) is 21.0. The first-order valence-electron chi connectivity index (χ1n) is 18.0. The zero-order valence-corrected chi connectivity index (χ0v) is 32.1. The number of alkyl halides is 1. The molecule has 1 aliphatic heterocycles. The monoisotopic (exact) mass is 758 g/mol. The second-order valence-electron chi connectivity index (χ2n) is 14.4. The quantitative estimate of drug-likeness (QED) is 0.0635. The number of hydrogen-bond donors (Lipinski definition) is 0. The Labute approximate surface area is 317 Å². The molecule has 0 saturated carbocycles. The molecule has 1 aliphatic carbocycles. The first-order valence-corrected chi connectivity index (χ1v) is 22.3. The van der Waals surface area contributed by atoms with Gasteiger partial charge in [0.05, 0.1) is 13.2 Å². The lowest BCUT2D eigenvalue weighted by Gasteiger charge is -2.45. The molecule has 1 saturated heterocycles. The number of benzene rings is 4.